The first-order valence-corrected chi connectivity index (χ1v) is 9.99. The van der Waals surface area contributed by atoms with Crippen molar-refractivity contribution in [2.24, 2.45) is 10.2 Å². The van der Waals surface area contributed by atoms with Crippen LogP contribution in [-0.2, 0) is 19.4 Å². The van der Waals surface area contributed by atoms with Crippen molar-refractivity contribution in [2.75, 3.05) is 0 Å². The summed E-state index contributed by atoms with van der Waals surface area (Å²) in [6.07, 6.45) is 2.39. The fraction of sp³-hybridized carbons (Fsp3) is 0.348. The molecule has 0 aliphatic rings. The summed E-state index contributed by atoms with van der Waals surface area (Å²) in [6.45, 7) is 8.62. The summed E-state index contributed by atoms with van der Waals surface area (Å²) >= 11 is 0. The number of azo groups is 1. The number of benzene rings is 2. The van der Waals surface area contributed by atoms with Gasteiger partial charge in [-0.25, -0.2) is 0 Å². The zero-order valence-electron chi connectivity index (χ0n) is 17.5. The molecule has 0 unspecified atom stereocenters. The van der Waals surface area contributed by atoms with Crippen LogP contribution in [0.3, 0.4) is 0 Å². The first-order valence-electron chi connectivity index (χ1n) is 9.99. The van der Waals surface area contributed by atoms with Crippen molar-refractivity contribution in [3.63, 3.8) is 0 Å². The lowest BCUT2D eigenvalue weighted by atomic mass is 9.96. The van der Waals surface area contributed by atoms with E-state index in [1.165, 1.54) is 21.4 Å². The van der Waals surface area contributed by atoms with Gasteiger partial charge in [0.15, 0.2) is 5.69 Å². The number of rotatable bonds is 7. The Morgan fingerprint density at radius 2 is 1.69 bits per heavy atom. The van der Waals surface area contributed by atoms with Gasteiger partial charge in [-0.05, 0) is 68.4 Å². The number of phenols is 1. The van der Waals surface area contributed by atoms with E-state index in [9.17, 15) is 9.90 Å². The SMILES string of the molecule is CCCn1[nH]c(C)c(N=Nc2cccc(CCc3c(C)cccc3C)c2O)c1=O. The maximum absolute atomic E-state index is 12.4. The Labute approximate surface area is 170 Å². The minimum Gasteiger partial charge on any atom is -0.505 e. The third-order valence-corrected chi connectivity index (χ3v) is 5.20. The summed E-state index contributed by atoms with van der Waals surface area (Å²) in [5.41, 5.74) is 5.75. The van der Waals surface area contributed by atoms with E-state index in [2.05, 4.69) is 47.4 Å². The quantitative estimate of drug-likeness (QED) is 0.526. The summed E-state index contributed by atoms with van der Waals surface area (Å²) in [4.78, 5) is 12.4. The molecule has 0 saturated heterocycles. The third kappa shape index (κ3) is 4.47. The molecule has 1 heterocycles. The highest BCUT2D eigenvalue weighted by molar-refractivity contribution is 5.55. The molecule has 2 N–H and O–H groups in total. The van der Waals surface area contributed by atoms with Crippen LogP contribution < -0.4 is 5.56 Å². The molecule has 0 spiro atoms. The molecule has 0 bridgehead atoms. The molecule has 0 aliphatic carbocycles. The molecule has 0 radical (unpaired) electrons. The van der Waals surface area contributed by atoms with Crippen molar-refractivity contribution in [3.05, 3.63) is 74.7 Å². The van der Waals surface area contributed by atoms with Gasteiger partial charge in [0, 0.05) is 6.54 Å². The molecule has 2 aromatic carbocycles. The normalized spacial score (nSPS) is 11.4. The second kappa shape index (κ2) is 8.90. The molecule has 0 atom stereocenters. The summed E-state index contributed by atoms with van der Waals surface area (Å²) in [7, 11) is 0. The number of nitrogens with zero attached hydrogens (tertiary/aromatic N) is 3. The van der Waals surface area contributed by atoms with Gasteiger partial charge in [0.05, 0.1) is 5.69 Å². The monoisotopic (exact) mass is 392 g/mol. The molecule has 6 nitrogen and oxygen atoms in total. The van der Waals surface area contributed by atoms with Crippen molar-refractivity contribution < 1.29 is 5.11 Å². The highest BCUT2D eigenvalue weighted by atomic mass is 16.3. The average Bonchev–Trinajstić information content (AvgIpc) is 2.95. The van der Waals surface area contributed by atoms with Crippen LogP contribution in [0.15, 0.2) is 51.4 Å². The largest absolute Gasteiger partial charge is 0.505 e. The number of H-pyrrole nitrogens is 1. The summed E-state index contributed by atoms with van der Waals surface area (Å²) in [5.74, 6) is 0.115. The van der Waals surface area contributed by atoms with Crippen LogP contribution in [0.5, 0.6) is 5.75 Å². The Hall–Kier alpha value is -3.15. The summed E-state index contributed by atoms with van der Waals surface area (Å²) in [5, 5.41) is 22.0. The lowest BCUT2D eigenvalue weighted by molar-refractivity contribution is 0.469. The standard InChI is InChI=1S/C23H28N4O2/c1-5-14-27-23(29)21(17(4)26-27)25-24-20-11-7-10-18(22(20)28)12-13-19-15(2)8-6-9-16(19)3/h6-11,26,28H,5,12-14H2,1-4H3. The van der Waals surface area contributed by atoms with Crippen LogP contribution in [-0.4, -0.2) is 14.9 Å². The van der Waals surface area contributed by atoms with Crippen molar-refractivity contribution >= 4 is 11.4 Å². The van der Waals surface area contributed by atoms with E-state index < -0.39 is 0 Å². The van der Waals surface area contributed by atoms with E-state index in [0.29, 0.717) is 24.3 Å². The molecule has 3 rings (SSSR count). The fourth-order valence-electron chi connectivity index (χ4n) is 3.56. The number of para-hydroxylation sites is 1. The molecule has 0 fully saturated rings. The molecular formula is C23H28N4O2. The molecule has 152 valence electrons. The van der Waals surface area contributed by atoms with E-state index >= 15 is 0 Å². The van der Waals surface area contributed by atoms with Gasteiger partial charge in [-0.1, -0.05) is 37.3 Å². The number of aromatic hydroxyl groups is 1. The molecular weight excluding hydrogens is 364 g/mol. The second-order valence-electron chi connectivity index (χ2n) is 7.40. The Kier molecular flexibility index (Phi) is 6.32. The van der Waals surface area contributed by atoms with Crippen molar-refractivity contribution in [1.82, 2.24) is 9.78 Å². The molecule has 0 saturated carbocycles. The van der Waals surface area contributed by atoms with E-state index in [1.54, 1.807) is 13.0 Å². The van der Waals surface area contributed by atoms with Gasteiger partial charge in [0.1, 0.15) is 11.4 Å². The van der Waals surface area contributed by atoms with Gasteiger partial charge in [0.25, 0.3) is 5.56 Å². The minimum absolute atomic E-state index is 0.115. The lowest BCUT2D eigenvalue weighted by Gasteiger charge is -2.11. The van der Waals surface area contributed by atoms with Gasteiger partial charge < -0.3 is 5.11 Å². The molecule has 3 aromatic rings. The van der Waals surface area contributed by atoms with Crippen molar-refractivity contribution in [3.8, 4) is 5.75 Å². The van der Waals surface area contributed by atoms with Gasteiger partial charge in [-0.15, -0.1) is 10.2 Å². The number of hydrogen-bond acceptors (Lipinski definition) is 4. The van der Waals surface area contributed by atoms with Crippen LogP contribution in [0, 0.1) is 20.8 Å². The molecule has 1 aromatic heterocycles. The topological polar surface area (TPSA) is 82.7 Å². The van der Waals surface area contributed by atoms with Crippen LogP contribution in [0.25, 0.3) is 0 Å². The van der Waals surface area contributed by atoms with Crippen molar-refractivity contribution in [1.29, 1.82) is 0 Å². The van der Waals surface area contributed by atoms with E-state index in [-0.39, 0.29) is 17.0 Å². The second-order valence-corrected chi connectivity index (χ2v) is 7.40. The summed E-state index contributed by atoms with van der Waals surface area (Å²) < 4.78 is 1.53. The number of hydrogen-bond donors (Lipinski definition) is 2. The predicted octanol–water partition coefficient (Wildman–Crippen LogP) is 5.42. The Morgan fingerprint density at radius 1 is 1.00 bits per heavy atom. The molecule has 0 aliphatic heterocycles. The van der Waals surface area contributed by atoms with Gasteiger partial charge in [-0.3, -0.25) is 14.6 Å². The van der Waals surface area contributed by atoms with Crippen LogP contribution in [0.2, 0.25) is 0 Å². The lowest BCUT2D eigenvalue weighted by Crippen LogP contribution is -2.15. The van der Waals surface area contributed by atoms with Crippen LogP contribution >= 0.6 is 0 Å². The Bertz CT molecular complexity index is 1070. The Morgan fingerprint density at radius 3 is 2.38 bits per heavy atom. The van der Waals surface area contributed by atoms with Crippen LogP contribution in [0.1, 0.15) is 41.3 Å². The zero-order valence-corrected chi connectivity index (χ0v) is 17.5. The highest BCUT2D eigenvalue weighted by Crippen LogP contribution is 2.32. The smallest absolute Gasteiger partial charge is 0.294 e. The van der Waals surface area contributed by atoms with Crippen LogP contribution in [0.4, 0.5) is 11.4 Å². The van der Waals surface area contributed by atoms with E-state index in [0.717, 1.165) is 18.4 Å². The minimum atomic E-state index is -0.196. The third-order valence-electron chi connectivity index (χ3n) is 5.20. The highest BCUT2D eigenvalue weighted by Gasteiger charge is 2.12. The summed E-state index contributed by atoms with van der Waals surface area (Å²) in [6, 6.07) is 11.7. The van der Waals surface area contributed by atoms with Gasteiger partial charge in [0.2, 0.25) is 0 Å². The number of phenolic OH excluding ortho intramolecular Hbond substituents is 1. The fourth-order valence-corrected chi connectivity index (χ4v) is 3.56. The first kappa shape index (κ1) is 20.6. The average molecular weight is 393 g/mol. The van der Waals surface area contributed by atoms with E-state index in [4.69, 9.17) is 0 Å². The number of nitrogens with one attached hydrogen (secondary N) is 1. The number of aromatic amines is 1. The molecule has 6 heteroatoms. The van der Waals surface area contributed by atoms with E-state index in [1.807, 2.05) is 19.1 Å². The van der Waals surface area contributed by atoms with Crippen molar-refractivity contribution in [2.45, 2.75) is 53.5 Å². The molecule has 29 heavy (non-hydrogen) atoms. The molecule has 0 amide bonds. The zero-order chi connectivity index (χ0) is 21.0. The Balaban J connectivity index is 1.82. The van der Waals surface area contributed by atoms with Gasteiger partial charge in [-0.2, -0.15) is 0 Å². The maximum Gasteiger partial charge on any atom is 0.294 e. The number of aryl methyl sites for hydroxylation is 5. The van der Waals surface area contributed by atoms with Gasteiger partial charge >= 0.3 is 0 Å². The maximum atomic E-state index is 12.4. The first-order chi connectivity index (χ1) is 13.9. The number of aromatic nitrogens is 2. The predicted molar refractivity (Wildman–Crippen MR) is 116 cm³/mol.